The molecule has 1 rings (SSSR count). The summed E-state index contributed by atoms with van der Waals surface area (Å²) in [5.41, 5.74) is -0.473. The highest BCUT2D eigenvalue weighted by Gasteiger charge is 2.48. The fourth-order valence-electron chi connectivity index (χ4n) is 1.18. The van der Waals surface area contributed by atoms with Crippen molar-refractivity contribution in [2.45, 2.75) is 52.2 Å². The van der Waals surface area contributed by atoms with Crippen LogP contribution in [0.4, 0.5) is 0 Å². The lowest BCUT2D eigenvalue weighted by molar-refractivity contribution is -0.158. The lowest BCUT2D eigenvalue weighted by atomic mass is 10.2. The lowest BCUT2D eigenvalue weighted by Crippen LogP contribution is -2.26. The Hall–Kier alpha value is -1.06. The number of carbonyl (C=O) groups excluding carboxylic acids is 2. The monoisotopic (exact) mass is 214 g/mol. The van der Waals surface area contributed by atoms with Crippen molar-refractivity contribution in [3.05, 3.63) is 0 Å². The first-order chi connectivity index (χ1) is 6.83. The van der Waals surface area contributed by atoms with Gasteiger partial charge in [0.25, 0.3) is 0 Å². The highest BCUT2D eigenvalue weighted by atomic mass is 16.6. The second-order valence-electron chi connectivity index (χ2n) is 4.76. The van der Waals surface area contributed by atoms with Crippen LogP contribution < -0.4 is 0 Å². The third-order valence-corrected chi connectivity index (χ3v) is 2.01. The first-order valence-electron chi connectivity index (χ1n) is 5.26. The number of esters is 2. The van der Waals surface area contributed by atoms with Crippen LogP contribution in [0.3, 0.4) is 0 Å². The first kappa shape index (κ1) is 12.0. The fourth-order valence-corrected chi connectivity index (χ4v) is 1.18. The average molecular weight is 214 g/mol. The van der Waals surface area contributed by atoms with E-state index in [1.54, 1.807) is 6.92 Å². The van der Waals surface area contributed by atoms with E-state index in [1.165, 1.54) is 0 Å². The molecule has 0 aliphatic heterocycles. The molecule has 0 aromatic carbocycles. The predicted molar refractivity (Wildman–Crippen MR) is 54.1 cm³/mol. The topological polar surface area (TPSA) is 52.6 Å². The summed E-state index contributed by atoms with van der Waals surface area (Å²) in [4.78, 5) is 22.4. The molecule has 2 atom stereocenters. The second kappa shape index (κ2) is 4.21. The van der Waals surface area contributed by atoms with Gasteiger partial charge in [-0.25, -0.2) is 0 Å². The van der Waals surface area contributed by atoms with E-state index in [4.69, 9.17) is 9.47 Å². The van der Waals surface area contributed by atoms with E-state index in [0.29, 0.717) is 12.8 Å². The van der Waals surface area contributed by atoms with Gasteiger partial charge in [-0.3, -0.25) is 9.59 Å². The third-order valence-electron chi connectivity index (χ3n) is 2.01. The van der Waals surface area contributed by atoms with Crippen LogP contribution in [0.5, 0.6) is 0 Å². The van der Waals surface area contributed by atoms with Gasteiger partial charge in [0.15, 0.2) is 0 Å². The molecule has 0 spiro atoms. The van der Waals surface area contributed by atoms with Gasteiger partial charge < -0.3 is 9.47 Å². The summed E-state index contributed by atoms with van der Waals surface area (Å²) in [5.74, 6) is -0.776. The summed E-state index contributed by atoms with van der Waals surface area (Å²) < 4.78 is 10.2. The molecule has 0 bridgehead atoms. The summed E-state index contributed by atoms with van der Waals surface area (Å²) in [7, 11) is 0. The molecule has 1 saturated carbocycles. The number of rotatable bonds is 3. The Labute approximate surface area is 89.9 Å². The minimum absolute atomic E-state index is 0.250. The molecule has 0 radical (unpaired) electrons. The Morgan fingerprint density at radius 3 is 2.40 bits per heavy atom. The van der Waals surface area contributed by atoms with Gasteiger partial charge in [0.05, 0.1) is 5.92 Å². The Kier molecular flexibility index (Phi) is 3.37. The van der Waals surface area contributed by atoms with E-state index in [1.807, 2.05) is 20.8 Å². The molecule has 0 N–H and O–H groups in total. The van der Waals surface area contributed by atoms with Gasteiger partial charge in [-0.15, -0.1) is 0 Å². The molecule has 0 amide bonds. The molecule has 15 heavy (non-hydrogen) atoms. The summed E-state index contributed by atoms with van der Waals surface area (Å²) in [5, 5.41) is 0. The maximum absolute atomic E-state index is 11.5. The van der Waals surface area contributed by atoms with Crippen molar-refractivity contribution in [3.8, 4) is 0 Å². The van der Waals surface area contributed by atoms with Crippen LogP contribution in [0.15, 0.2) is 0 Å². The molecule has 4 heteroatoms. The van der Waals surface area contributed by atoms with Crippen molar-refractivity contribution in [2.75, 3.05) is 0 Å². The molecule has 0 aromatic heterocycles. The van der Waals surface area contributed by atoms with Crippen molar-refractivity contribution in [3.63, 3.8) is 0 Å². The van der Waals surface area contributed by atoms with Crippen LogP contribution in [0.2, 0.25) is 0 Å². The molecule has 86 valence electrons. The van der Waals surface area contributed by atoms with Gasteiger partial charge in [0.1, 0.15) is 11.7 Å². The maximum Gasteiger partial charge on any atom is 0.313 e. The SMILES string of the molecule is CCC(=O)OC1CC1C(=O)OC(C)(C)C. The Balaban J connectivity index is 2.31. The molecule has 2 unspecified atom stereocenters. The fraction of sp³-hybridized carbons (Fsp3) is 0.818. The summed E-state index contributed by atoms with van der Waals surface area (Å²) in [6.07, 6.45) is 0.686. The molecule has 1 aliphatic carbocycles. The van der Waals surface area contributed by atoms with Gasteiger partial charge in [0.2, 0.25) is 0 Å². The number of hydrogen-bond donors (Lipinski definition) is 0. The minimum atomic E-state index is -0.473. The van der Waals surface area contributed by atoms with Crippen LogP contribution in [-0.4, -0.2) is 23.6 Å². The Morgan fingerprint density at radius 1 is 1.33 bits per heavy atom. The van der Waals surface area contributed by atoms with E-state index in [0.717, 1.165) is 0 Å². The standard InChI is InChI=1S/C11H18O4/c1-5-9(12)14-8-6-7(8)10(13)15-11(2,3)4/h7-8H,5-6H2,1-4H3. The molecule has 4 nitrogen and oxygen atoms in total. The van der Waals surface area contributed by atoms with Crippen LogP contribution in [-0.2, 0) is 19.1 Å². The van der Waals surface area contributed by atoms with Crippen molar-refractivity contribution >= 4 is 11.9 Å². The summed E-state index contributed by atoms with van der Waals surface area (Å²) in [6, 6.07) is 0. The van der Waals surface area contributed by atoms with Gasteiger partial charge in [0, 0.05) is 12.8 Å². The Bertz CT molecular complexity index is 264. The molecular formula is C11H18O4. The zero-order valence-corrected chi connectivity index (χ0v) is 9.70. The second-order valence-corrected chi connectivity index (χ2v) is 4.76. The van der Waals surface area contributed by atoms with Crippen LogP contribution >= 0.6 is 0 Å². The van der Waals surface area contributed by atoms with E-state index in [2.05, 4.69) is 0 Å². The van der Waals surface area contributed by atoms with Gasteiger partial charge in [-0.2, -0.15) is 0 Å². The predicted octanol–water partition coefficient (Wildman–Crippen LogP) is 1.67. The van der Waals surface area contributed by atoms with Gasteiger partial charge in [-0.05, 0) is 20.8 Å². The van der Waals surface area contributed by atoms with E-state index in [-0.39, 0.29) is 24.0 Å². The zero-order chi connectivity index (χ0) is 11.6. The first-order valence-corrected chi connectivity index (χ1v) is 5.26. The van der Waals surface area contributed by atoms with E-state index in [9.17, 15) is 9.59 Å². The van der Waals surface area contributed by atoms with Crippen molar-refractivity contribution < 1.29 is 19.1 Å². The maximum atomic E-state index is 11.5. The Morgan fingerprint density at radius 2 is 1.93 bits per heavy atom. The third kappa shape index (κ3) is 3.90. The van der Waals surface area contributed by atoms with Crippen LogP contribution in [0.25, 0.3) is 0 Å². The van der Waals surface area contributed by atoms with Crippen molar-refractivity contribution in [2.24, 2.45) is 5.92 Å². The highest BCUT2D eigenvalue weighted by Crippen LogP contribution is 2.36. The number of hydrogen-bond acceptors (Lipinski definition) is 4. The smallest absolute Gasteiger partial charge is 0.313 e. The summed E-state index contributed by atoms with van der Waals surface area (Å²) in [6.45, 7) is 7.19. The molecule has 0 aromatic rings. The zero-order valence-electron chi connectivity index (χ0n) is 9.70. The largest absolute Gasteiger partial charge is 0.461 e. The molecule has 0 saturated heterocycles. The van der Waals surface area contributed by atoms with Crippen molar-refractivity contribution in [1.82, 2.24) is 0 Å². The molecule has 1 aliphatic rings. The number of ether oxygens (including phenoxy) is 2. The normalized spacial score (nSPS) is 24.5. The quantitative estimate of drug-likeness (QED) is 0.670. The molecular weight excluding hydrogens is 196 g/mol. The molecule has 0 heterocycles. The highest BCUT2D eigenvalue weighted by molar-refractivity contribution is 5.78. The van der Waals surface area contributed by atoms with Crippen LogP contribution in [0, 0.1) is 5.92 Å². The van der Waals surface area contributed by atoms with Gasteiger partial charge in [-0.1, -0.05) is 6.92 Å². The average Bonchev–Trinajstić information content (AvgIpc) is 2.80. The van der Waals surface area contributed by atoms with E-state index >= 15 is 0 Å². The van der Waals surface area contributed by atoms with Crippen LogP contribution in [0.1, 0.15) is 40.5 Å². The minimum Gasteiger partial charge on any atom is -0.461 e. The van der Waals surface area contributed by atoms with E-state index < -0.39 is 5.60 Å². The van der Waals surface area contributed by atoms with Crippen molar-refractivity contribution in [1.29, 1.82) is 0 Å². The van der Waals surface area contributed by atoms with Gasteiger partial charge >= 0.3 is 11.9 Å². The lowest BCUT2D eigenvalue weighted by Gasteiger charge is -2.19. The molecule has 1 fully saturated rings. The number of carbonyl (C=O) groups is 2. The summed E-state index contributed by atoms with van der Waals surface area (Å²) >= 11 is 0.